The van der Waals surface area contributed by atoms with E-state index >= 15 is 0 Å². The second kappa shape index (κ2) is 10.5. The molecule has 0 rings (SSSR count). The van der Waals surface area contributed by atoms with Gasteiger partial charge in [0.25, 0.3) is 0 Å². The first-order valence-corrected chi connectivity index (χ1v) is 7.87. The van der Waals surface area contributed by atoms with Crippen LogP contribution in [0.5, 0.6) is 0 Å². The third kappa shape index (κ3) is 13.0. The van der Waals surface area contributed by atoms with Gasteiger partial charge >= 0.3 is 23.1 Å². The second-order valence-corrected chi connectivity index (χ2v) is 8.35. The van der Waals surface area contributed by atoms with Gasteiger partial charge in [-0.25, -0.2) is 0 Å². The van der Waals surface area contributed by atoms with Crippen LogP contribution in [0.4, 0.5) is 0 Å². The molecule has 0 saturated heterocycles. The van der Waals surface area contributed by atoms with Crippen LogP contribution in [-0.2, 0) is 4.43 Å². The third-order valence-corrected chi connectivity index (χ3v) is 2.38. The van der Waals surface area contributed by atoms with Crippen LogP contribution in [0.2, 0.25) is 19.6 Å². The molecular formula is C9H19BrMgO2Si. The van der Waals surface area contributed by atoms with Gasteiger partial charge in [0.2, 0.25) is 0 Å². The molecule has 0 aliphatic carbocycles. The van der Waals surface area contributed by atoms with Gasteiger partial charge in [0.05, 0.1) is 6.10 Å². The monoisotopic (exact) mass is 290 g/mol. The molecular weight excluding hydrogens is 272 g/mol. The van der Waals surface area contributed by atoms with Crippen molar-refractivity contribution in [1.29, 1.82) is 0 Å². The summed E-state index contributed by atoms with van der Waals surface area (Å²) in [6.07, 6.45) is 4.49. The van der Waals surface area contributed by atoms with Gasteiger partial charge in [-0.15, -0.1) is 0 Å². The molecule has 0 N–H and O–H groups in total. The summed E-state index contributed by atoms with van der Waals surface area (Å²) in [4.78, 5) is 0. The minimum absolute atomic E-state index is 0. The van der Waals surface area contributed by atoms with E-state index < -0.39 is 8.32 Å². The minimum atomic E-state index is -1.48. The summed E-state index contributed by atoms with van der Waals surface area (Å²) in [5, 5.41) is 10.3. The predicted octanol–water partition coefficient (Wildman–Crippen LogP) is -1.50. The Hall–Kier alpha value is 0.963. The molecule has 0 aromatic heterocycles. The van der Waals surface area contributed by atoms with Gasteiger partial charge in [0.15, 0.2) is 8.32 Å². The molecule has 0 fully saturated rings. The fraction of sp³-hybridized carbons (Fsp3) is 0.778. The van der Waals surface area contributed by atoms with Gasteiger partial charge in [-0.1, -0.05) is 19.4 Å². The van der Waals surface area contributed by atoms with Gasteiger partial charge in [-0.05, 0) is 26.1 Å². The third-order valence-electron chi connectivity index (χ3n) is 1.37. The zero-order valence-electron chi connectivity index (χ0n) is 9.55. The molecule has 1 unspecified atom stereocenters. The molecule has 0 aliphatic heterocycles. The van der Waals surface area contributed by atoms with Crippen molar-refractivity contribution in [2.45, 2.75) is 45.5 Å². The van der Waals surface area contributed by atoms with Gasteiger partial charge in [0, 0.05) is 0 Å². The Labute approximate surface area is 115 Å². The summed E-state index contributed by atoms with van der Waals surface area (Å²) in [5.74, 6) is 0. The van der Waals surface area contributed by atoms with Crippen LogP contribution >= 0.6 is 0 Å². The van der Waals surface area contributed by atoms with Crippen LogP contribution in [0.3, 0.4) is 0 Å². The molecule has 14 heavy (non-hydrogen) atoms. The van der Waals surface area contributed by atoms with E-state index in [0.29, 0.717) is 0 Å². The van der Waals surface area contributed by atoms with Gasteiger partial charge in [-0.2, -0.15) is 6.26 Å². The molecule has 0 saturated carbocycles. The molecule has 2 nitrogen and oxygen atoms in total. The van der Waals surface area contributed by atoms with Crippen LogP contribution in [0.25, 0.3) is 0 Å². The molecule has 0 spiro atoms. The summed E-state index contributed by atoms with van der Waals surface area (Å²) >= 11 is 0. The van der Waals surface area contributed by atoms with E-state index in [4.69, 9.17) is 4.43 Å². The predicted molar refractivity (Wildman–Crippen MR) is 58.0 cm³/mol. The van der Waals surface area contributed by atoms with Crippen molar-refractivity contribution in [3.8, 4) is 0 Å². The van der Waals surface area contributed by atoms with Gasteiger partial charge < -0.3 is 26.5 Å². The quantitative estimate of drug-likeness (QED) is 0.456. The maximum absolute atomic E-state index is 10.3. The molecule has 80 valence electrons. The number of hydrogen-bond acceptors (Lipinski definition) is 2. The maximum Gasteiger partial charge on any atom is 2.00 e. The van der Waals surface area contributed by atoms with Crippen molar-refractivity contribution in [3.63, 3.8) is 0 Å². The van der Waals surface area contributed by atoms with Crippen LogP contribution in [0.15, 0.2) is 12.3 Å². The van der Waals surface area contributed by atoms with Crippen molar-refractivity contribution >= 4 is 31.4 Å². The van der Waals surface area contributed by atoms with E-state index in [1.165, 1.54) is 0 Å². The Morgan fingerprint density at radius 1 is 1.36 bits per heavy atom. The summed E-state index contributed by atoms with van der Waals surface area (Å²) in [6.45, 7) is 8.50. The zero-order valence-corrected chi connectivity index (χ0v) is 13.5. The Balaban J connectivity index is -0.000000605. The van der Waals surface area contributed by atoms with E-state index in [1.807, 2.05) is 0 Å². The number of hydrogen-bond donors (Lipinski definition) is 0. The Morgan fingerprint density at radius 2 is 1.86 bits per heavy atom. The van der Waals surface area contributed by atoms with Gasteiger partial charge in [0.1, 0.15) is 0 Å². The van der Waals surface area contributed by atoms with Crippen molar-refractivity contribution in [1.82, 2.24) is 0 Å². The topological polar surface area (TPSA) is 32.3 Å². The van der Waals surface area contributed by atoms with Crippen LogP contribution < -0.4 is 22.1 Å². The van der Waals surface area contributed by atoms with E-state index in [0.717, 1.165) is 19.1 Å². The van der Waals surface area contributed by atoms with E-state index in [9.17, 15) is 5.11 Å². The van der Waals surface area contributed by atoms with E-state index in [-0.39, 0.29) is 46.1 Å². The molecule has 0 aromatic rings. The van der Waals surface area contributed by atoms with E-state index in [1.54, 1.807) is 6.08 Å². The molecule has 0 amide bonds. The smallest absolute Gasteiger partial charge is 1.00 e. The SMILES string of the molecule is CCCC(/C=C/[O-])O[Si](C)(C)C.[Br-].[Mg+2]. The van der Waals surface area contributed by atoms with Crippen LogP contribution in [0, 0.1) is 0 Å². The largest absolute Gasteiger partial charge is 2.00 e. The fourth-order valence-electron chi connectivity index (χ4n) is 1.02. The molecule has 0 aliphatic rings. The fourth-order valence-corrected chi connectivity index (χ4v) is 2.13. The second-order valence-electron chi connectivity index (χ2n) is 3.89. The first-order valence-electron chi connectivity index (χ1n) is 4.46. The molecule has 0 heterocycles. The first kappa shape index (κ1) is 20.4. The van der Waals surface area contributed by atoms with Crippen LogP contribution in [-0.4, -0.2) is 37.5 Å². The number of halogens is 1. The summed E-state index contributed by atoms with van der Waals surface area (Å²) in [5.41, 5.74) is 0. The standard InChI is InChI=1S/C9H20O2Si.BrH.Mg/c1-5-6-9(7-8-10)11-12(2,3)4;;/h7-10H,5-6H2,1-4H3;1H;/q;;+2/p-2/b8-7+;;. The molecule has 0 bridgehead atoms. The average molecular weight is 292 g/mol. The first-order chi connectivity index (χ1) is 5.49. The molecule has 1 atom stereocenters. The average Bonchev–Trinajstić information content (AvgIpc) is 1.84. The minimum Gasteiger partial charge on any atom is -1.00 e. The van der Waals surface area contributed by atoms with Crippen molar-refractivity contribution in [2.24, 2.45) is 0 Å². The van der Waals surface area contributed by atoms with E-state index in [2.05, 4.69) is 26.6 Å². The zero-order chi connectivity index (χ0) is 9.61. The summed E-state index contributed by atoms with van der Waals surface area (Å²) in [6, 6.07) is 0. The Kier molecular flexibility index (Phi) is 15.3. The maximum atomic E-state index is 10.3. The number of rotatable bonds is 5. The molecule has 0 aromatic carbocycles. The Bertz CT molecular complexity index is 148. The van der Waals surface area contributed by atoms with Crippen LogP contribution in [0.1, 0.15) is 19.8 Å². The van der Waals surface area contributed by atoms with Gasteiger partial charge in [-0.3, -0.25) is 0 Å². The molecule has 0 radical (unpaired) electrons. The Morgan fingerprint density at radius 3 is 2.14 bits per heavy atom. The van der Waals surface area contributed by atoms with Crippen molar-refractivity contribution in [2.75, 3.05) is 0 Å². The van der Waals surface area contributed by atoms with Crippen molar-refractivity contribution < 1.29 is 26.5 Å². The normalized spacial score (nSPS) is 13.1. The summed E-state index contributed by atoms with van der Waals surface area (Å²) in [7, 11) is -1.48. The van der Waals surface area contributed by atoms with Crippen molar-refractivity contribution in [3.05, 3.63) is 12.3 Å². The summed E-state index contributed by atoms with van der Waals surface area (Å²) < 4.78 is 5.77. The molecule has 5 heteroatoms.